The fraction of sp³-hybridized carbons (Fsp3) is 0.375. The average molecular weight is 410 g/mol. The van der Waals surface area contributed by atoms with E-state index in [0.29, 0.717) is 11.5 Å². The quantitative estimate of drug-likeness (QED) is 0.498. The molecule has 0 aliphatic rings. The first-order chi connectivity index (χ1) is 14.4. The van der Waals surface area contributed by atoms with Crippen LogP contribution in [0.5, 0.6) is 0 Å². The summed E-state index contributed by atoms with van der Waals surface area (Å²) >= 11 is 0. The zero-order chi connectivity index (χ0) is 22.1. The van der Waals surface area contributed by atoms with Crippen LogP contribution in [0.1, 0.15) is 48.6 Å². The Hall–Kier alpha value is -3.15. The molecule has 2 rings (SSSR count). The third kappa shape index (κ3) is 5.92. The second kappa shape index (κ2) is 11.1. The summed E-state index contributed by atoms with van der Waals surface area (Å²) in [5.74, 6) is 0.226. The number of hydrogen-bond donors (Lipinski definition) is 1. The van der Waals surface area contributed by atoms with Crippen LogP contribution in [-0.2, 0) is 27.5 Å². The average Bonchev–Trinajstić information content (AvgIpc) is 2.72. The summed E-state index contributed by atoms with van der Waals surface area (Å²) in [5, 5.41) is 10.9. The molecule has 0 saturated carbocycles. The topological polar surface area (TPSA) is 72.3 Å². The van der Waals surface area contributed by atoms with Gasteiger partial charge in [-0.3, -0.25) is 4.79 Å². The maximum atomic E-state index is 12.3. The van der Waals surface area contributed by atoms with Gasteiger partial charge >= 0.3 is 0 Å². The normalized spacial score (nSPS) is 12.1. The molecule has 0 aromatic heterocycles. The predicted molar refractivity (Wildman–Crippen MR) is 121 cm³/mol. The van der Waals surface area contributed by atoms with E-state index in [2.05, 4.69) is 41.6 Å². The van der Waals surface area contributed by atoms with Crippen LogP contribution in [0.3, 0.4) is 0 Å². The highest BCUT2D eigenvalue weighted by atomic mass is 16.6. The number of carbonyl (C=O) groups excluding carboxylic acids is 1. The van der Waals surface area contributed by atoms with Crippen molar-refractivity contribution in [2.24, 2.45) is 16.2 Å². The van der Waals surface area contributed by atoms with Crippen molar-refractivity contribution in [3.05, 3.63) is 70.3 Å². The van der Waals surface area contributed by atoms with Crippen LogP contribution in [0.15, 0.2) is 52.8 Å². The Morgan fingerprint density at radius 1 is 1.07 bits per heavy atom. The number of rotatable bonds is 9. The number of carbonyl (C=O) groups is 1. The largest absolute Gasteiger partial charge is 0.398 e. The molecular weight excluding hydrogens is 378 g/mol. The van der Waals surface area contributed by atoms with Gasteiger partial charge < -0.3 is 15.0 Å². The standard InChI is InChI=1S/C24H31N3O3/c1-16(2)14-19-11-7-8-12-20(19)18(4)26-30-15-22-17(3)10-9-13-21(22)23(27-29-6)24(28)25-5/h7-13,16H,14-15H2,1-6H3,(H,25,28)/b26-18+,27-23+. The van der Waals surface area contributed by atoms with Gasteiger partial charge in [0.25, 0.3) is 5.91 Å². The van der Waals surface area contributed by atoms with Crippen molar-refractivity contribution in [3.63, 3.8) is 0 Å². The maximum absolute atomic E-state index is 12.3. The van der Waals surface area contributed by atoms with Crippen LogP contribution in [-0.4, -0.2) is 31.5 Å². The van der Waals surface area contributed by atoms with Gasteiger partial charge in [-0.05, 0) is 37.3 Å². The number of nitrogens with one attached hydrogen (secondary N) is 1. The number of nitrogens with zero attached hydrogens (tertiary/aromatic N) is 2. The summed E-state index contributed by atoms with van der Waals surface area (Å²) in [5.41, 5.74) is 5.83. The third-order valence-electron chi connectivity index (χ3n) is 4.74. The Morgan fingerprint density at radius 2 is 1.77 bits per heavy atom. The molecule has 0 saturated heterocycles. The molecule has 1 N–H and O–H groups in total. The summed E-state index contributed by atoms with van der Waals surface area (Å²) in [7, 11) is 2.97. The van der Waals surface area contributed by atoms with E-state index in [9.17, 15) is 4.79 Å². The highest BCUT2D eigenvalue weighted by Crippen LogP contribution is 2.19. The van der Waals surface area contributed by atoms with Gasteiger partial charge in [0, 0.05) is 23.7 Å². The predicted octanol–water partition coefficient (Wildman–Crippen LogP) is 4.23. The molecule has 0 aliphatic carbocycles. The maximum Gasteiger partial charge on any atom is 0.273 e. The van der Waals surface area contributed by atoms with Gasteiger partial charge in [0.2, 0.25) is 0 Å². The fourth-order valence-corrected chi connectivity index (χ4v) is 3.27. The van der Waals surface area contributed by atoms with Gasteiger partial charge in [-0.2, -0.15) is 0 Å². The van der Waals surface area contributed by atoms with Gasteiger partial charge in [-0.25, -0.2) is 0 Å². The second-order valence-corrected chi connectivity index (χ2v) is 7.51. The van der Waals surface area contributed by atoms with Crippen molar-refractivity contribution in [1.82, 2.24) is 5.32 Å². The number of likely N-dealkylation sites (N-methyl/N-ethyl adjacent to an activating group) is 1. The summed E-state index contributed by atoms with van der Waals surface area (Å²) in [6.07, 6.45) is 0.980. The molecule has 0 unspecified atom stereocenters. The Balaban J connectivity index is 2.29. The van der Waals surface area contributed by atoms with Gasteiger partial charge in [-0.15, -0.1) is 0 Å². The minimum Gasteiger partial charge on any atom is -0.398 e. The first-order valence-electron chi connectivity index (χ1n) is 10.1. The Kier molecular flexibility index (Phi) is 8.59. The van der Waals surface area contributed by atoms with Crippen molar-refractivity contribution in [2.45, 2.75) is 40.7 Å². The molecule has 160 valence electrons. The smallest absolute Gasteiger partial charge is 0.273 e. The van der Waals surface area contributed by atoms with Crippen LogP contribution in [0.25, 0.3) is 0 Å². The number of benzene rings is 2. The van der Waals surface area contributed by atoms with E-state index >= 15 is 0 Å². The van der Waals surface area contributed by atoms with E-state index < -0.39 is 0 Å². The minimum absolute atomic E-state index is 0.199. The zero-order valence-electron chi connectivity index (χ0n) is 18.7. The Morgan fingerprint density at radius 3 is 2.43 bits per heavy atom. The molecule has 2 aromatic rings. The van der Waals surface area contributed by atoms with Crippen LogP contribution in [0.4, 0.5) is 0 Å². The Labute approximate surface area is 179 Å². The van der Waals surface area contributed by atoms with Crippen molar-refractivity contribution >= 4 is 17.3 Å². The monoisotopic (exact) mass is 409 g/mol. The summed E-state index contributed by atoms with van der Waals surface area (Å²) in [6, 6.07) is 13.9. The molecule has 0 spiro atoms. The van der Waals surface area contributed by atoms with E-state index in [0.717, 1.165) is 28.8 Å². The molecule has 30 heavy (non-hydrogen) atoms. The molecular formula is C24H31N3O3. The molecule has 1 amide bonds. The molecule has 6 nitrogen and oxygen atoms in total. The molecule has 0 heterocycles. The summed E-state index contributed by atoms with van der Waals surface area (Å²) in [4.78, 5) is 22.9. The van der Waals surface area contributed by atoms with Gasteiger partial charge in [0.15, 0.2) is 5.71 Å². The van der Waals surface area contributed by atoms with Gasteiger partial charge in [-0.1, -0.05) is 66.6 Å². The lowest BCUT2D eigenvalue weighted by Gasteiger charge is -2.14. The molecule has 6 heteroatoms. The highest BCUT2D eigenvalue weighted by Gasteiger charge is 2.19. The molecule has 0 fully saturated rings. The van der Waals surface area contributed by atoms with Crippen LogP contribution in [0.2, 0.25) is 0 Å². The Bertz CT molecular complexity index is 933. The molecule has 0 radical (unpaired) electrons. The number of amides is 1. The molecule has 2 aromatic carbocycles. The van der Waals surface area contributed by atoms with Crippen molar-refractivity contribution in [2.75, 3.05) is 14.2 Å². The van der Waals surface area contributed by atoms with Crippen LogP contribution >= 0.6 is 0 Å². The van der Waals surface area contributed by atoms with E-state index in [4.69, 9.17) is 9.68 Å². The van der Waals surface area contributed by atoms with Crippen molar-refractivity contribution < 1.29 is 14.5 Å². The van der Waals surface area contributed by atoms with E-state index in [-0.39, 0.29) is 18.2 Å². The molecule has 0 atom stereocenters. The number of oxime groups is 2. The molecule has 0 bridgehead atoms. The third-order valence-corrected chi connectivity index (χ3v) is 4.74. The van der Waals surface area contributed by atoms with E-state index in [1.165, 1.54) is 12.7 Å². The lowest BCUT2D eigenvalue weighted by atomic mass is 9.96. The zero-order valence-corrected chi connectivity index (χ0v) is 18.7. The van der Waals surface area contributed by atoms with Gasteiger partial charge in [0.05, 0.1) is 5.71 Å². The lowest BCUT2D eigenvalue weighted by Crippen LogP contribution is -2.29. The second-order valence-electron chi connectivity index (χ2n) is 7.51. The fourth-order valence-electron chi connectivity index (χ4n) is 3.27. The first-order valence-corrected chi connectivity index (χ1v) is 10.1. The van der Waals surface area contributed by atoms with Crippen LogP contribution < -0.4 is 5.32 Å². The first kappa shape index (κ1) is 23.1. The van der Waals surface area contributed by atoms with E-state index in [1.54, 1.807) is 7.05 Å². The van der Waals surface area contributed by atoms with Gasteiger partial charge in [0.1, 0.15) is 13.7 Å². The SMILES string of the molecule is CNC(=O)/C(=N/OC)c1cccc(C)c1CO/N=C(\C)c1ccccc1CC(C)C. The van der Waals surface area contributed by atoms with Crippen molar-refractivity contribution in [1.29, 1.82) is 0 Å². The van der Waals surface area contributed by atoms with E-state index in [1.807, 2.05) is 44.2 Å². The van der Waals surface area contributed by atoms with Crippen molar-refractivity contribution in [3.8, 4) is 0 Å². The number of aryl methyl sites for hydroxylation is 1. The highest BCUT2D eigenvalue weighted by molar-refractivity contribution is 6.45. The number of hydrogen-bond acceptors (Lipinski definition) is 5. The summed E-state index contributed by atoms with van der Waals surface area (Å²) in [6.45, 7) is 8.52. The molecule has 0 aliphatic heterocycles. The lowest BCUT2D eigenvalue weighted by molar-refractivity contribution is -0.114. The summed E-state index contributed by atoms with van der Waals surface area (Å²) < 4.78 is 0. The van der Waals surface area contributed by atoms with Crippen LogP contribution in [0, 0.1) is 12.8 Å². The minimum atomic E-state index is -0.328.